The highest BCUT2D eigenvalue weighted by Crippen LogP contribution is 2.41. The van der Waals surface area contributed by atoms with Gasteiger partial charge in [-0.05, 0) is 37.7 Å². The molecule has 1 aliphatic heterocycles. The predicted octanol–water partition coefficient (Wildman–Crippen LogP) is 3.91. The summed E-state index contributed by atoms with van der Waals surface area (Å²) in [5.74, 6) is -2.95. The lowest BCUT2D eigenvalue weighted by Crippen LogP contribution is -2.41. The van der Waals surface area contributed by atoms with Crippen LogP contribution in [0.25, 0.3) is 0 Å². The van der Waals surface area contributed by atoms with Crippen molar-refractivity contribution < 1.29 is 27.8 Å². The number of hydrogen-bond donors (Lipinski definition) is 2. The van der Waals surface area contributed by atoms with E-state index in [9.17, 15) is 18.4 Å². The van der Waals surface area contributed by atoms with Gasteiger partial charge in [0.05, 0.1) is 31.4 Å². The van der Waals surface area contributed by atoms with Crippen molar-refractivity contribution >= 4 is 40.7 Å². The number of amidine groups is 1. The number of ether oxygens (including phenoxy) is 2. The summed E-state index contributed by atoms with van der Waals surface area (Å²) in [4.78, 5) is 33.5. The van der Waals surface area contributed by atoms with Crippen LogP contribution in [0.2, 0.25) is 5.02 Å². The topological polar surface area (TPSA) is 102 Å². The number of carbonyl (C=O) groups is 2. The van der Waals surface area contributed by atoms with Crippen molar-refractivity contribution in [2.75, 3.05) is 20.8 Å². The Balaban J connectivity index is 1.72. The first-order chi connectivity index (χ1) is 17.3. The van der Waals surface area contributed by atoms with Crippen LogP contribution in [0.3, 0.4) is 0 Å². The van der Waals surface area contributed by atoms with Gasteiger partial charge in [0.15, 0.2) is 22.5 Å². The van der Waals surface area contributed by atoms with Crippen LogP contribution in [0, 0.1) is 17.6 Å². The Morgan fingerprint density at radius 3 is 2.58 bits per heavy atom. The average molecular weight is 539 g/mol. The third kappa shape index (κ3) is 5.42. The molecule has 2 aromatic rings. The molecule has 0 saturated heterocycles. The number of hydrogen-bond acceptors (Lipinski definition) is 9. The second-order valence-electron chi connectivity index (χ2n) is 8.43. The lowest BCUT2D eigenvalue weighted by molar-refractivity contribution is -0.140. The number of esters is 2. The smallest absolute Gasteiger partial charge is 0.338 e. The van der Waals surface area contributed by atoms with Crippen LogP contribution in [0.5, 0.6) is 0 Å². The van der Waals surface area contributed by atoms with Gasteiger partial charge in [0.1, 0.15) is 6.04 Å². The van der Waals surface area contributed by atoms with Crippen LogP contribution >= 0.6 is 22.9 Å². The van der Waals surface area contributed by atoms with Crippen molar-refractivity contribution in [3.8, 4) is 0 Å². The number of benzene rings is 1. The minimum Gasteiger partial charge on any atom is -0.468 e. The van der Waals surface area contributed by atoms with E-state index in [-0.39, 0.29) is 35.6 Å². The number of carbonyl (C=O) groups excluding carboxylic acids is 2. The molecule has 1 aliphatic carbocycles. The van der Waals surface area contributed by atoms with Crippen molar-refractivity contribution in [2.24, 2.45) is 10.9 Å². The van der Waals surface area contributed by atoms with E-state index in [0.717, 1.165) is 18.9 Å². The normalized spacial score (nSPS) is 22.0. The van der Waals surface area contributed by atoms with Gasteiger partial charge in [-0.2, -0.15) is 0 Å². The third-order valence-corrected chi connectivity index (χ3v) is 7.54. The molecular weight excluding hydrogens is 514 g/mol. The number of thiazole rings is 1. The maximum absolute atomic E-state index is 14.4. The fourth-order valence-corrected chi connectivity index (χ4v) is 5.38. The van der Waals surface area contributed by atoms with Gasteiger partial charge in [-0.1, -0.05) is 17.7 Å². The number of methoxy groups -OCH3 is 2. The van der Waals surface area contributed by atoms with Gasteiger partial charge in [0, 0.05) is 28.9 Å². The maximum atomic E-state index is 14.4. The maximum Gasteiger partial charge on any atom is 0.338 e. The Labute approximate surface area is 215 Å². The molecule has 36 heavy (non-hydrogen) atoms. The molecule has 2 aliphatic rings. The Morgan fingerprint density at radius 2 is 1.94 bits per heavy atom. The highest BCUT2D eigenvalue weighted by Gasteiger charge is 2.38. The Hall–Kier alpha value is -2.89. The monoisotopic (exact) mass is 538 g/mol. The standard InChI is InChI=1S/C24H25ClF2N4O4S/c1-34-16(32)11-29-13-5-3-12(4-6-13)20-17(24(33)35-2)21(14-7-8-15(26)19(27)18(14)25)31-22(30-20)23-28-9-10-36-23/h7-10,12-13,21,29H,3-6,11H2,1-2H3,(H,30,31). The van der Waals surface area contributed by atoms with Crippen molar-refractivity contribution in [2.45, 2.75) is 37.8 Å². The van der Waals surface area contributed by atoms with Gasteiger partial charge in [-0.25, -0.2) is 18.6 Å². The zero-order valence-corrected chi connectivity index (χ0v) is 21.2. The summed E-state index contributed by atoms with van der Waals surface area (Å²) in [6, 6.07) is 1.39. The summed E-state index contributed by atoms with van der Waals surface area (Å²) in [5.41, 5.74) is 0.938. The molecule has 1 aromatic carbocycles. The van der Waals surface area contributed by atoms with Crippen molar-refractivity contribution in [3.63, 3.8) is 0 Å². The van der Waals surface area contributed by atoms with Gasteiger partial charge in [-0.15, -0.1) is 11.3 Å². The quantitative estimate of drug-likeness (QED) is 0.407. The van der Waals surface area contributed by atoms with Gasteiger partial charge in [0.25, 0.3) is 0 Å². The summed E-state index contributed by atoms with van der Waals surface area (Å²) in [6.07, 6.45) is 4.53. The number of nitrogens with one attached hydrogen (secondary N) is 2. The number of halogens is 3. The van der Waals surface area contributed by atoms with E-state index in [1.165, 1.54) is 31.6 Å². The third-order valence-electron chi connectivity index (χ3n) is 6.37. The van der Waals surface area contributed by atoms with E-state index in [4.69, 9.17) is 16.3 Å². The van der Waals surface area contributed by atoms with E-state index >= 15 is 0 Å². The molecule has 1 atom stereocenters. The molecule has 2 heterocycles. The van der Waals surface area contributed by atoms with E-state index in [2.05, 4.69) is 25.3 Å². The largest absolute Gasteiger partial charge is 0.468 e. The molecule has 1 aromatic heterocycles. The summed E-state index contributed by atoms with van der Waals surface area (Å²) in [7, 11) is 2.60. The molecule has 4 rings (SSSR count). The highest BCUT2D eigenvalue weighted by molar-refractivity contribution is 7.11. The molecule has 1 unspecified atom stereocenters. The number of aliphatic imine (C=N–C) groups is 1. The van der Waals surface area contributed by atoms with Crippen LogP contribution in [0.1, 0.15) is 42.3 Å². The lowest BCUT2D eigenvalue weighted by atomic mass is 9.80. The Bertz CT molecular complexity index is 1200. The van der Waals surface area contributed by atoms with Crippen LogP contribution in [-0.4, -0.2) is 49.6 Å². The second kappa shape index (κ2) is 11.4. The number of nitrogens with zero attached hydrogens (tertiary/aromatic N) is 2. The van der Waals surface area contributed by atoms with E-state index in [1.807, 2.05) is 0 Å². The zero-order valence-electron chi connectivity index (χ0n) is 19.6. The van der Waals surface area contributed by atoms with Crippen molar-refractivity contribution in [3.05, 3.63) is 62.2 Å². The first-order valence-corrected chi connectivity index (χ1v) is 12.6. The summed E-state index contributed by atoms with van der Waals surface area (Å²) in [6.45, 7) is 0.123. The Morgan fingerprint density at radius 1 is 1.19 bits per heavy atom. The predicted molar refractivity (Wildman–Crippen MR) is 131 cm³/mol. The van der Waals surface area contributed by atoms with Gasteiger partial charge in [0.2, 0.25) is 0 Å². The molecule has 0 spiro atoms. The number of aromatic nitrogens is 1. The summed E-state index contributed by atoms with van der Waals surface area (Å²) in [5, 5.41) is 8.40. The first-order valence-electron chi connectivity index (χ1n) is 11.3. The molecule has 192 valence electrons. The minimum atomic E-state index is -1.21. The SMILES string of the molecule is COC(=O)CNC1CCC(C2=C(C(=O)OC)C(c3ccc(F)c(F)c3Cl)N=C(c3nccs3)N2)CC1. The van der Waals surface area contributed by atoms with Crippen LogP contribution in [0.15, 0.2) is 40.0 Å². The first kappa shape index (κ1) is 26.2. The van der Waals surface area contributed by atoms with Gasteiger partial charge >= 0.3 is 11.9 Å². The fraction of sp³-hybridized carbons (Fsp3) is 0.417. The number of allylic oxidation sites excluding steroid dienone is 1. The van der Waals surface area contributed by atoms with Crippen molar-refractivity contribution in [1.82, 2.24) is 15.6 Å². The minimum absolute atomic E-state index is 0.0766. The molecule has 1 saturated carbocycles. The Kier molecular flexibility index (Phi) is 8.32. The van der Waals surface area contributed by atoms with Crippen LogP contribution in [0.4, 0.5) is 8.78 Å². The fourth-order valence-electron chi connectivity index (χ4n) is 4.53. The molecular formula is C24H25ClF2N4O4S. The molecule has 2 N–H and O–H groups in total. The second-order valence-corrected chi connectivity index (χ2v) is 9.70. The molecule has 0 amide bonds. The van der Waals surface area contributed by atoms with Crippen LogP contribution < -0.4 is 10.6 Å². The molecule has 0 bridgehead atoms. The summed E-state index contributed by atoms with van der Waals surface area (Å²) < 4.78 is 38.0. The molecule has 8 nitrogen and oxygen atoms in total. The lowest BCUT2D eigenvalue weighted by Gasteiger charge is -2.35. The van der Waals surface area contributed by atoms with E-state index in [0.29, 0.717) is 29.4 Å². The van der Waals surface area contributed by atoms with Crippen LogP contribution in [-0.2, 0) is 19.1 Å². The van der Waals surface area contributed by atoms with E-state index in [1.54, 1.807) is 11.6 Å². The highest BCUT2D eigenvalue weighted by atomic mass is 35.5. The molecule has 0 radical (unpaired) electrons. The summed E-state index contributed by atoms with van der Waals surface area (Å²) >= 11 is 7.55. The van der Waals surface area contributed by atoms with Gasteiger partial charge < -0.3 is 20.1 Å². The molecule has 1 fully saturated rings. The van der Waals surface area contributed by atoms with E-state index < -0.39 is 28.7 Å². The average Bonchev–Trinajstić information content (AvgIpc) is 3.45. The van der Waals surface area contributed by atoms with Gasteiger partial charge in [-0.3, -0.25) is 9.79 Å². The zero-order chi connectivity index (χ0) is 25.8. The van der Waals surface area contributed by atoms with Crippen molar-refractivity contribution in [1.29, 1.82) is 0 Å². The molecule has 12 heteroatoms. The number of rotatable bonds is 7.